The first-order valence-electron chi connectivity index (χ1n) is 5.46. The molecule has 1 amide bonds. The Kier molecular flexibility index (Phi) is 4.79. The molecule has 0 atom stereocenters. The molecule has 0 heterocycles. The molecule has 5 nitrogen and oxygen atoms in total. The summed E-state index contributed by atoms with van der Waals surface area (Å²) in [6, 6.07) is 3.58. The molecule has 3 N–H and O–H groups in total. The molecule has 0 aromatic heterocycles. The van der Waals surface area contributed by atoms with Crippen LogP contribution in [-0.2, 0) is 4.79 Å². The second-order valence-corrected chi connectivity index (χ2v) is 4.08. The minimum Gasteiger partial charge on any atom is -0.478 e. The Bertz CT molecular complexity index is 461. The van der Waals surface area contributed by atoms with Crippen molar-refractivity contribution in [1.29, 1.82) is 0 Å². The van der Waals surface area contributed by atoms with Gasteiger partial charge in [-0.15, -0.1) is 0 Å². The summed E-state index contributed by atoms with van der Waals surface area (Å²) in [6.07, 6.45) is 0. The molecule has 1 aromatic rings. The number of hydrogen-bond acceptors (Lipinski definition) is 3. The van der Waals surface area contributed by atoms with E-state index < -0.39 is 17.3 Å². The summed E-state index contributed by atoms with van der Waals surface area (Å²) < 4.78 is 13.1. The van der Waals surface area contributed by atoms with E-state index in [0.29, 0.717) is 0 Å². The van der Waals surface area contributed by atoms with Gasteiger partial charge in [-0.25, -0.2) is 9.18 Å². The van der Waals surface area contributed by atoms with Crippen molar-refractivity contribution in [3.63, 3.8) is 0 Å². The van der Waals surface area contributed by atoms with Crippen molar-refractivity contribution in [2.75, 3.05) is 11.9 Å². The average molecular weight is 254 g/mol. The highest BCUT2D eigenvalue weighted by Gasteiger charge is 2.12. The van der Waals surface area contributed by atoms with Gasteiger partial charge in [0.1, 0.15) is 5.82 Å². The van der Waals surface area contributed by atoms with Gasteiger partial charge >= 0.3 is 5.97 Å². The Morgan fingerprint density at radius 1 is 1.39 bits per heavy atom. The van der Waals surface area contributed by atoms with E-state index >= 15 is 0 Å². The number of hydrogen-bond donors (Lipinski definition) is 3. The van der Waals surface area contributed by atoms with Crippen LogP contribution in [0.3, 0.4) is 0 Å². The predicted octanol–water partition coefficient (Wildman–Crippen LogP) is 1.46. The van der Waals surface area contributed by atoms with Crippen molar-refractivity contribution >= 4 is 17.6 Å². The molecule has 0 aliphatic carbocycles. The van der Waals surface area contributed by atoms with E-state index in [2.05, 4.69) is 10.6 Å². The molecule has 0 aliphatic rings. The summed E-state index contributed by atoms with van der Waals surface area (Å²) in [6.45, 7) is 3.90. The zero-order valence-electron chi connectivity index (χ0n) is 10.2. The molecule has 1 aromatic carbocycles. The third kappa shape index (κ3) is 4.14. The van der Waals surface area contributed by atoms with Crippen LogP contribution in [0, 0.1) is 5.82 Å². The van der Waals surface area contributed by atoms with Gasteiger partial charge in [0.05, 0.1) is 12.1 Å². The van der Waals surface area contributed by atoms with Crippen molar-refractivity contribution in [1.82, 2.24) is 5.32 Å². The lowest BCUT2D eigenvalue weighted by Crippen LogP contribution is -2.32. The first-order chi connectivity index (χ1) is 8.40. The zero-order valence-corrected chi connectivity index (χ0v) is 10.2. The molecule has 0 saturated heterocycles. The number of benzene rings is 1. The Balaban J connectivity index is 2.70. The van der Waals surface area contributed by atoms with Crippen LogP contribution in [-0.4, -0.2) is 29.6 Å². The number of nitrogens with one attached hydrogen (secondary N) is 2. The quantitative estimate of drug-likeness (QED) is 0.743. The highest BCUT2D eigenvalue weighted by Crippen LogP contribution is 2.14. The van der Waals surface area contributed by atoms with Gasteiger partial charge in [-0.2, -0.15) is 0 Å². The van der Waals surface area contributed by atoms with Gasteiger partial charge < -0.3 is 15.7 Å². The van der Waals surface area contributed by atoms with Crippen molar-refractivity contribution in [2.24, 2.45) is 0 Å². The molecular formula is C12H15FN2O3. The number of carbonyl (C=O) groups excluding carboxylic acids is 1. The van der Waals surface area contributed by atoms with Crippen LogP contribution in [0.2, 0.25) is 0 Å². The fourth-order valence-corrected chi connectivity index (χ4v) is 1.27. The Morgan fingerprint density at radius 2 is 2.06 bits per heavy atom. The molecule has 0 bridgehead atoms. The number of anilines is 1. The Morgan fingerprint density at radius 3 is 2.61 bits per heavy atom. The molecule has 0 aliphatic heterocycles. The van der Waals surface area contributed by atoms with Crippen LogP contribution in [0.25, 0.3) is 0 Å². The lowest BCUT2D eigenvalue weighted by Gasteiger charge is -2.09. The SMILES string of the molecule is CC(C)NCC(=O)Nc1ccc(F)c(C(=O)O)c1. The molecule has 0 spiro atoms. The van der Waals surface area contributed by atoms with Crippen molar-refractivity contribution in [3.8, 4) is 0 Å². The van der Waals surface area contributed by atoms with E-state index in [1.54, 1.807) is 0 Å². The number of carbonyl (C=O) groups is 2. The van der Waals surface area contributed by atoms with Gasteiger partial charge in [-0.3, -0.25) is 4.79 Å². The molecule has 18 heavy (non-hydrogen) atoms. The minimum absolute atomic E-state index is 0.109. The lowest BCUT2D eigenvalue weighted by atomic mass is 10.2. The lowest BCUT2D eigenvalue weighted by molar-refractivity contribution is -0.115. The van der Waals surface area contributed by atoms with Gasteiger partial charge in [0.15, 0.2) is 0 Å². The predicted molar refractivity (Wildman–Crippen MR) is 65.1 cm³/mol. The van der Waals surface area contributed by atoms with Crippen LogP contribution in [0.5, 0.6) is 0 Å². The highest BCUT2D eigenvalue weighted by atomic mass is 19.1. The van der Waals surface area contributed by atoms with Crippen molar-refractivity contribution in [3.05, 3.63) is 29.6 Å². The van der Waals surface area contributed by atoms with Gasteiger partial charge in [-0.1, -0.05) is 13.8 Å². The summed E-state index contributed by atoms with van der Waals surface area (Å²) in [7, 11) is 0. The van der Waals surface area contributed by atoms with E-state index in [1.807, 2.05) is 13.8 Å². The number of amides is 1. The van der Waals surface area contributed by atoms with Crippen LogP contribution in [0.15, 0.2) is 18.2 Å². The van der Waals surface area contributed by atoms with E-state index in [9.17, 15) is 14.0 Å². The molecular weight excluding hydrogens is 239 g/mol. The van der Waals surface area contributed by atoms with E-state index in [-0.39, 0.29) is 24.2 Å². The zero-order chi connectivity index (χ0) is 13.7. The summed E-state index contributed by atoms with van der Waals surface area (Å²) in [5, 5.41) is 14.1. The minimum atomic E-state index is -1.37. The average Bonchev–Trinajstić information content (AvgIpc) is 2.28. The Labute approximate surface area is 104 Å². The topological polar surface area (TPSA) is 78.4 Å². The van der Waals surface area contributed by atoms with Gasteiger partial charge in [0.25, 0.3) is 0 Å². The molecule has 0 unspecified atom stereocenters. The van der Waals surface area contributed by atoms with Crippen molar-refractivity contribution in [2.45, 2.75) is 19.9 Å². The third-order valence-electron chi connectivity index (χ3n) is 2.15. The van der Waals surface area contributed by atoms with Crippen molar-refractivity contribution < 1.29 is 19.1 Å². The van der Waals surface area contributed by atoms with E-state index in [0.717, 1.165) is 12.1 Å². The summed E-state index contributed by atoms with van der Waals surface area (Å²) >= 11 is 0. The van der Waals surface area contributed by atoms with Gasteiger partial charge in [0.2, 0.25) is 5.91 Å². The summed E-state index contributed by atoms with van der Waals surface area (Å²) in [5.74, 6) is -2.52. The number of aromatic carboxylic acids is 1. The molecule has 1 rings (SSSR count). The number of rotatable bonds is 5. The van der Waals surface area contributed by atoms with Crippen LogP contribution >= 0.6 is 0 Å². The van der Waals surface area contributed by atoms with E-state index in [1.165, 1.54) is 6.07 Å². The molecule has 0 radical (unpaired) electrons. The highest BCUT2D eigenvalue weighted by molar-refractivity contribution is 5.94. The standard InChI is InChI=1S/C12H15FN2O3/c1-7(2)14-6-11(16)15-8-3-4-10(13)9(5-8)12(17)18/h3-5,7,14H,6H2,1-2H3,(H,15,16)(H,17,18). The van der Waals surface area contributed by atoms with Gasteiger partial charge in [-0.05, 0) is 18.2 Å². The third-order valence-corrected chi connectivity index (χ3v) is 2.15. The molecule has 6 heteroatoms. The van der Waals surface area contributed by atoms with Crippen LogP contribution in [0.1, 0.15) is 24.2 Å². The maximum Gasteiger partial charge on any atom is 0.338 e. The van der Waals surface area contributed by atoms with Gasteiger partial charge in [0, 0.05) is 11.7 Å². The Hall–Kier alpha value is -1.95. The number of carboxylic acids is 1. The molecule has 0 fully saturated rings. The largest absolute Gasteiger partial charge is 0.478 e. The monoisotopic (exact) mass is 254 g/mol. The fourth-order valence-electron chi connectivity index (χ4n) is 1.27. The fraction of sp³-hybridized carbons (Fsp3) is 0.333. The number of carboxylic acid groups (broad SMARTS) is 1. The molecule has 0 saturated carbocycles. The van der Waals surface area contributed by atoms with Crippen LogP contribution < -0.4 is 10.6 Å². The second kappa shape index (κ2) is 6.11. The number of halogens is 1. The summed E-state index contributed by atoms with van der Waals surface area (Å²) in [4.78, 5) is 22.2. The normalized spacial score (nSPS) is 10.4. The molecule has 98 valence electrons. The van der Waals surface area contributed by atoms with E-state index in [4.69, 9.17) is 5.11 Å². The smallest absolute Gasteiger partial charge is 0.338 e. The summed E-state index contributed by atoms with van der Waals surface area (Å²) in [5.41, 5.74) is -0.214. The maximum atomic E-state index is 13.1. The maximum absolute atomic E-state index is 13.1. The van der Waals surface area contributed by atoms with Crippen LogP contribution in [0.4, 0.5) is 10.1 Å². The first-order valence-corrected chi connectivity index (χ1v) is 5.46. The first kappa shape index (κ1) is 14.1. The second-order valence-electron chi connectivity index (χ2n) is 4.08.